The molecule has 0 spiro atoms. The van der Waals surface area contributed by atoms with Crippen molar-refractivity contribution in [3.05, 3.63) is 36.8 Å². The highest BCUT2D eigenvalue weighted by Crippen LogP contribution is 2.35. The normalized spacial score (nSPS) is 30.3. The smallest absolute Gasteiger partial charge is 0.0947 e. The Labute approximate surface area is 120 Å². The first-order valence-electron chi connectivity index (χ1n) is 7.44. The van der Waals surface area contributed by atoms with E-state index in [9.17, 15) is 0 Å². The molecule has 2 heterocycles. The summed E-state index contributed by atoms with van der Waals surface area (Å²) in [6.07, 6.45) is 8.09. The van der Waals surface area contributed by atoms with Gasteiger partial charge in [-0.25, -0.2) is 0 Å². The van der Waals surface area contributed by atoms with E-state index in [2.05, 4.69) is 11.5 Å². The number of morpholine rings is 1. The lowest BCUT2D eigenvalue weighted by Crippen LogP contribution is -2.50. The molecule has 0 amide bonds. The average molecular weight is 277 g/mol. The second-order valence-electron chi connectivity index (χ2n) is 5.67. The van der Waals surface area contributed by atoms with Crippen molar-refractivity contribution in [2.24, 2.45) is 5.92 Å². The van der Waals surface area contributed by atoms with E-state index in [0.717, 1.165) is 26.3 Å². The molecule has 4 heteroatoms. The third-order valence-electron chi connectivity index (χ3n) is 4.37. The van der Waals surface area contributed by atoms with Gasteiger partial charge in [-0.2, -0.15) is 0 Å². The summed E-state index contributed by atoms with van der Waals surface area (Å²) < 4.78 is 16.8. The molecular formula is C16H23NO3. The summed E-state index contributed by atoms with van der Waals surface area (Å²) in [6, 6.07) is 2.57. The van der Waals surface area contributed by atoms with Crippen molar-refractivity contribution in [2.45, 2.75) is 31.5 Å². The van der Waals surface area contributed by atoms with E-state index >= 15 is 0 Å². The second kappa shape index (κ2) is 6.57. The third kappa shape index (κ3) is 2.97. The summed E-state index contributed by atoms with van der Waals surface area (Å²) in [5, 5.41) is 0. The summed E-state index contributed by atoms with van der Waals surface area (Å²) in [5.74, 6) is 0.520. The van der Waals surface area contributed by atoms with Crippen molar-refractivity contribution in [1.82, 2.24) is 4.90 Å². The highest BCUT2D eigenvalue weighted by Gasteiger charge is 2.42. The van der Waals surface area contributed by atoms with E-state index in [-0.39, 0.29) is 0 Å². The second-order valence-corrected chi connectivity index (χ2v) is 5.67. The van der Waals surface area contributed by atoms with Gasteiger partial charge in [0.25, 0.3) is 0 Å². The Hall–Kier alpha value is -1.10. The van der Waals surface area contributed by atoms with Crippen LogP contribution in [0, 0.1) is 5.92 Å². The Bertz CT molecular complexity index is 417. The standard InChI is InChI=1S/C16H23NO3/c1-2-7-18-12-14-3-4-15-16(14)20-9-6-17(15)10-13-5-8-19-11-13/h2,5,8,11,14-16H,1,3-4,6-7,9-10,12H2/t14-,15+,16-/m0/s1. The largest absolute Gasteiger partial charge is 0.472 e. The van der Waals surface area contributed by atoms with E-state index in [0.29, 0.717) is 24.7 Å². The number of hydrogen-bond acceptors (Lipinski definition) is 4. The predicted octanol–water partition coefficient (Wildman–Crippen LogP) is 2.46. The molecule has 1 aromatic rings. The highest BCUT2D eigenvalue weighted by atomic mass is 16.5. The van der Waals surface area contributed by atoms with E-state index in [1.165, 1.54) is 18.4 Å². The molecule has 1 aliphatic carbocycles. The Morgan fingerprint density at radius 2 is 2.40 bits per heavy atom. The van der Waals surface area contributed by atoms with Crippen molar-refractivity contribution in [2.75, 3.05) is 26.4 Å². The molecule has 1 aromatic heterocycles. The molecule has 4 nitrogen and oxygen atoms in total. The first-order chi connectivity index (χ1) is 9.88. The predicted molar refractivity (Wildman–Crippen MR) is 76.4 cm³/mol. The van der Waals surface area contributed by atoms with Crippen LogP contribution in [0.1, 0.15) is 18.4 Å². The van der Waals surface area contributed by atoms with Crippen LogP contribution in [0.3, 0.4) is 0 Å². The third-order valence-corrected chi connectivity index (χ3v) is 4.37. The van der Waals surface area contributed by atoms with Gasteiger partial charge in [-0.05, 0) is 18.9 Å². The van der Waals surface area contributed by atoms with E-state index in [1.54, 1.807) is 12.3 Å². The molecule has 0 N–H and O–H groups in total. The van der Waals surface area contributed by atoms with Crippen molar-refractivity contribution < 1.29 is 13.9 Å². The van der Waals surface area contributed by atoms with Crippen LogP contribution < -0.4 is 0 Å². The average Bonchev–Trinajstić information content (AvgIpc) is 3.10. The number of nitrogens with zero attached hydrogens (tertiary/aromatic N) is 1. The lowest BCUT2D eigenvalue weighted by atomic mass is 10.0. The number of ether oxygens (including phenoxy) is 2. The first kappa shape index (κ1) is 13.9. The van der Waals surface area contributed by atoms with Crippen LogP contribution in [0.5, 0.6) is 0 Å². The van der Waals surface area contributed by atoms with Gasteiger partial charge in [0.1, 0.15) is 0 Å². The zero-order valence-electron chi connectivity index (χ0n) is 11.9. The van der Waals surface area contributed by atoms with Crippen LogP contribution in [0.2, 0.25) is 0 Å². The van der Waals surface area contributed by atoms with Gasteiger partial charge < -0.3 is 13.9 Å². The Balaban J connectivity index is 1.58. The molecule has 20 heavy (non-hydrogen) atoms. The van der Waals surface area contributed by atoms with Gasteiger partial charge in [0, 0.05) is 30.6 Å². The van der Waals surface area contributed by atoms with Gasteiger partial charge in [-0.15, -0.1) is 6.58 Å². The molecule has 2 aliphatic rings. The van der Waals surface area contributed by atoms with Crippen LogP contribution in [-0.2, 0) is 16.0 Å². The molecule has 0 bridgehead atoms. The van der Waals surface area contributed by atoms with Crippen molar-refractivity contribution in [1.29, 1.82) is 0 Å². The maximum absolute atomic E-state index is 6.02. The molecular weight excluding hydrogens is 254 g/mol. The molecule has 0 aromatic carbocycles. The van der Waals surface area contributed by atoms with Gasteiger partial charge in [0.15, 0.2) is 0 Å². The van der Waals surface area contributed by atoms with E-state index in [1.807, 2.05) is 12.3 Å². The van der Waals surface area contributed by atoms with Gasteiger partial charge in [-0.1, -0.05) is 6.08 Å². The van der Waals surface area contributed by atoms with Crippen LogP contribution in [0.25, 0.3) is 0 Å². The number of rotatable bonds is 6. The molecule has 1 saturated heterocycles. The zero-order chi connectivity index (χ0) is 13.8. The lowest BCUT2D eigenvalue weighted by molar-refractivity contribution is -0.0869. The monoisotopic (exact) mass is 277 g/mol. The van der Waals surface area contributed by atoms with E-state index < -0.39 is 0 Å². The summed E-state index contributed by atoms with van der Waals surface area (Å²) in [6.45, 7) is 7.89. The fourth-order valence-electron chi connectivity index (χ4n) is 3.43. The van der Waals surface area contributed by atoms with Crippen molar-refractivity contribution >= 4 is 0 Å². The molecule has 110 valence electrons. The topological polar surface area (TPSA) is 34.8 Å². The van der Waals surface area contributed by atoms with Crippen molar-refractivity contribution in [3.8, 4) is 0 Å². The van der Waals surface area contributed by atoms with E-state index in [4.69, 9.17) is 13.9 Å². The lowest BCUT2D eigenvalue weighted by Gasteiger charge is -2.39. The van der Waals surface area contributed by atoms with Crippen molar-refractivity contribution in [3.63, 3.8) is 0 Å². The minimum Gasteiger partial charge on any atom is -0.472 e. The molecule has 1 aliphatic heterocycles. The Kier molecular flexibility index (Phi) is 4.55. The van der Waals surface area contributed by atoms with Gasteiger partial charge in [0.05, 0.1) is 38.5 Å². The maximum Gasteiger partial charge on any atom is 0.0947 e. The minimum atomic E-state index is 0.320. The van der Waals surface area contributed by atoms with Gasteiger partial charge >= 0.3 is 0 Å². The highest BCUT2D eigenvalue weighted by molar-refractivity contribution is 5.07. The number of hydrogen-bond donors (Lipinski definition) is 0. The Morgan fingerprint density at radius 1 is 1.45 bits per heavy atom. The maximum atomic E-state index is 6.02. The molecule has 3 rings (SSSR count). The number of furan rings is 1. The first-order valence-corrected chi connectivity index (χ1v) is 7.44. The van der Waals surface area contributed by atoms with Gasteiger partial charge in [0.2, 0.25) is 0 Å². The molecule has 0 unspecified atom stereocenters. The molecule has 0 radical (unpaired) electrons. The summed E-state index contributed by atoms with van der Waals surface area (Å²) in [7, 11) is 0. The zero-order valence-corrected chi connectivity index (χ0v) is 11.9. The summed E-state index contributed by atoms with van der Waals surface area (Å²) in [4.78, 5) is 2.53. The Morgan fingerprint density at radius 3 is 3.20 bits per heavy atom. The quantitative estimate of drug-likeness (QED) is 0.591. The fraction of sp³-hybridized carbons (Fsp3) is 0.625. The SMILES string of the molecule is C=CCOC[C@@H]1CC[C@@H]2[C@H]1OCCN2Cc1ccoc1. The van der Waals surface area contributed by atoms with Crippen LogP contribution in [0.15, 0.2) is 35.7 Å². The summed E-state index contributed by atoms with van der Waals surface area (Å²) >= 11 is 0. The molecule has 1 saturated carbocycles. The number of fused-ring (bicyclic) bond motifs is 1. The minimum absolute atomic E-state index is 0.320. The van der Waals surface area contributed by atoms with Crippen LogP contribution in [-0.4, -0.2) is 43.4 Å². The van der Waals surface area contributed by atoms with Gasteiger partial charge in [-0.3, -0.25) is 4.90 Å². The summed E-state index contributed by atoms with van der Waals surface area (Å²) in [5.41, 5.74) is 1.25. The molecule has 2 fully saturated rings. The fourth-order valence-corrected chi connectivity index (χ4v) is 3.43. The van der Waals surface area contributed by atoms with Crippen LogP contribution in [0.4, 0.5) is 0 Å². The molecule has 3 atom stereocenters. The van der Waals surface area contributed by atoms with Crippen LogP contribution >= 0.6 is 0 Å².